The molecule has 0 unspecified atom stereocenters. The molecule has 1 heterocycles. The molecule has 1 aliphatic rings. The SMILES string of the molecule is CC(=O)Nc1ccc(CN2CCCN(Cc3ccc(F)c(Cl)c3)CC2)cc1. The van der Waals surface area contributed by atoms with Gasteiger partial charge in [0.1, 0.15) is 5.82 Å². The van der Waals surface area contributed by atoms with Gasteiger partial charge in [0.05, 0.1) is 5.02 Å². The van der Waals surface area contributed by atoms with Crippen molar-refractivity contribution >= 4 is 23.2 Å². The fraction of sp³-hybridized carbons (Fsp3) is 0.381. The summed E-state index contributed by atoms with van der Waals surface area (Å²) in [6.07, 6.45) is 1.10. The molecular formula is C21H25ClFN3O. The maximum absolute atomic E-state index is 13.3. The molecule has 0 bridgehead atoms. The second-order valence-corrected chi connectivity index (χ2v) is 7.44. The largest absolute Gasteiger partial charge is 0.326 e. The number of nitrogens with zero attached hydrogens (tertiary/aromatic N) is 2. The fourth-order valence-corrected chi connectivity index (χ4v) is 3.59. The molecule has 2 aromatic rings. The second-order valence-electron chi connectivity index (χ2n) is 7.03. The lowest BCUT2D eigenvalue weighted by Gasteiger charge is -2.22. The number of benzene rings is 2. The molecule has 1 aliphatic heterocycles. The van der Waals surface area contributed by atoms with E-state index in [0.717, 1.165) is 56.9 Å². The summed E-state index contributed by atoms with van der Waals surface area (Å²) in [4.78, 5) is 15.9. The van der Waals surface area contributed by atoms with Crippen molar-refractivity contribution in [3.8, 4) is 0 Å². The van der Waals surface area contributed by atoms with Crippen LogP contribution in [0.3, 0.4) is 0 Å². The topological polar surface area (TPSA) is 35.6 Å². The standard InChI is InChI=1S/C21H25ClFN3O/c1-16(27)24-19-6-3-17(4-7-19)14-25-9-2-10-26(12-11-25)15-18-5-8-21(23)20(22)13-18/h3-8,13H,2,9-12,14-15H2,1H3,(H,24,27). The van der Waals surface area contributed by atoms with Crippen LogP contribution in [-0.4, -0.2) is 41.9 Å². The van der Waals surface area contributed by atoms with Gasteiger partial charge in [-0.2, -0.15) is 0 Å². The van der Waals surface area contributed by atoms with Crippen LogP contribution >= 0.6 is 11.6 Å². The number of carbonyl (C=O) groups is 1. The van der Waals surface area contributed by atoms with E-state index in [2.05, 4.69) is 27.2 Å². The lowest BCUT2D eigenvalue weighted by Crippen LogP contribution is -2.30. The summed E-state index contributed by atoms with van der Waals surface area (Å²) in [6, 6.07) is 13.0. The first kappa shape index (κ1) is 19.8. The van der Waals surface area contributed by atoms with Crippen LogP contribution in [0.15, 0.2) is 42.5 Å². The minimum atomic E-state index is -0.369. The van der Waals surface area contributed by atoms with Gasteiger partial charge in [-0.15, -0.1) is 0 Å². The van der Waals surface area contributed by atoms with Gasteiger partial charge in [-0.05, 0) is 54.9 Å². The summed E-state index contributed by atoms with van der Waals surface area (Å²) in [5, 5.41) is 2.98. The van der Waals surface area contributed by atoms with Gasteiger partial charge >= 0.3 is 0 Å². The van der Waals surface area contributed by atoms with E-state index in [1.807, 2.05) is 12.1 Å². The molecule has 0 radical (unpaired) electrons. The van der Waals surface area contributed by atoms with E-state index in [1.54, 1.807) is 12.1 Å². The van der Waals surface area contributed by atoms with Crippen molar-refractivity contribution in [2.75, 3.05) is 31.5 Å². The van der Waals surface area contributed by atoms with Crippen LogP contribution in [0.1, 0.15) is 24.5 Å². The van der Waals surface area contributed by atoms with Crippen molar-refractivity contribution in [2.45, 2.75) is 26.4 Å². The van der Waals surface area contributed by atoms with E-state index in [9.17, 15) is 9.18 Å². The second kappa shape index (κ2) is 9.31. The monoisotopic (exact) mass is 389 g/mol. The molecule has 2 aromatic carbocycles. The molecule has 1 amide bonds. The number of hydrogen-bond donors (Lipinski definition) is 1. The highest BCUT2D eigenvalue weighted by Crippen LogP contribution is 2.18. The van der Waals surface area contributed by atoms with Gasteiger partial charge in [0.2, 0.25) is 5.91 Å². The smallest absolute Gasteiger partial charge is 0.221 e. The van der Waals surface area contributed by atoms with Gasteiger partial charge < -0.3 is 5.32 Å². The van der Waals surface area contributed by atoms with Crippen LogP contribution in [0.5, 0.6) is 0 Å². The van der Waals surface area contributed by atoms with Crippen molar-refractivity contribution in [3.05, 3.63) is 64.4 Å². The Labute approximate surface area is 164 Å². The van der Waals surface area contributed by atoms with Crippen LogP contribution in [0.2, 0.25) is 5.02 Å². The zero-order valence-corrected chi connectivity index (χ0v) is 16.3. The maximum Gasteiger partial charge on any atom is 0.221 e. The number of carbonyl (C=O) groups excluding carboxylic acids is 1. The Morgan fingerprint density at radius 1 is 1.00 bits per heavy atom. The van der Waals surface area contributed by atoms with Crippen molar-refractivity contribution in [1.29, 1.82) is 0 Å². The third-order valence-electron chi connectivity index (χ3n) is 4.75. The lowest BCUT2D eigenvalue weighted by atomic mass is 10.2. The number of hydrogen-bond acceptors (Lipinski definition) is 3. The molecule has 0 saturated carbocycles. The molecule has 3 rings (SSSR count). The Morgan fingerprint density at radius 2 is 1.59 bits per heavy atom. The molecule has 27 heavy (non-hydrogen) atoms. The Bertz CT molecular complexity index is 781. The number of anilines is 1. The van der Waals surface area contributed by atoms with E-state index in [-0.39, 0.29) is 16.7 Å². The Morgan fingerprint density at radius 3 is 2.19 bits per heavy atom. The van der Waals surface area contributed by atoms with Crippen LogP contribution in [0, 0.1) is 5.82 Å². The Balaban J connectivity index is 1.52. The minimum Gasteiger partial charge on any atom is -0.326 e. The average Bonchev–Trinajstić information content (AvgIpc) is 2.85. The number of halogens is 2. The maximum atomic E-state index is 13.3. The summed E-state index contributed by atoms with van der Waals surface area (Å²) in [7, 11) is 0. The van der Waals surface area contributed by atoms with Gasteiger partial charge in [-0.3, -0.25) is 14.6 Å². The first-order valence-electron chi connectivity index (χ1n) is 9.25. The third kappa shape index (κ3) is 6.03. The van der Waals surface area contributed by atoms with Crippen molar-refractivity contribution < 1.29 is 9.18 Å². The summed E-state index contributed by atoms with van der Waals surface area (Å²) >= 11 is 5.89. The first-order valence-corrected chi connectivity index (χ1v) is 9.62. The molecule has 1 N–H and O–H groups in total. The van der Waals surface area contributed by atoms with E-state index in [1.165, 1.54) is 18.6 Å². The summed E-state index contributed by atoms with van der Waals surface area (Å²) in [5.41, 5.74) is 3.11. The van der Waals surface area contributed by atoms with Crippen molar-refractivity contribution in [3.63, 3.8) is 0 Å². The molecule has 0 aromatic heterocycles. The molecule has 6 heteroatoms. The predicted molar refractivity (Wildman–Crippen MR) is 107 cm³/mol. The van der Waals surface area contributed by atoms with Gasteiger partial charge in [0.25, 0.3) is 0 Å². The summed E-state index contributed by atoms with van der Waals surface area (Å²) in [5.74, 6) is -0.426. The first-order chi connectivity index (χ1) is 13.0. The highest BCUT2D eigenvalue weighted by molar-refractivity contribution is 6.30. The molecule has 144 valence electrons. The Kier molecular flexibility index (Phi) is 6.83. The van der Waals surface area contributed by atoms with Gasteiger partial charge in [0.15, 0.2) is 0 Å². The lowest BCUT2D eigenvalue weighted by molar-refractivity contribution is -0.114. The minimum absolute atomic E-state index is 0.0576. The van der Waals surface area contributed by atoms with Crippen molar-refractivity contribution in [1.82, 2.24) is 9.80 Å². The van der Waals surface area contributed by atoms with Crippen LogP contribution < -0.4 is 5.32 Å². The van der Waals surface area contributed by atoms with Gasteiger partial charge in [0, 0.05) is 38.8 Å². The average molecular weight is 390 g/mol. The normalized spacial score (nSPS) is 16.1. The zero-order valence-electron chi connectivity index (χ0n) is 15.5. The van der Waals surface area contributed by atoms with Crippen molar-refractivity contribution in [2.24, 2.45) is 0 Å². The van der Waals surface area contributed by atoms with Crippen LogP contribution in [0.25, 0.3) is 0 Å². The molecule has 0 aliphatic carbocycles. The third-order valence-corrected chi connectivity index (χ3v) is 5.04. The van der Waals surface area contributed by atoms with Crippen LogP contribution in [0.4, 0.5) is 10.1 Å². The molecule has 1 saturated heterocycles. The van der Waals surface area contributed by atoms with Gasteiger partial charge in [-0.1, -0.05) is 29.8 Å². The summed E-state index contributed by atoms with van der Waals surface area (Å²) < 4.78 is 13.3. The van der Waals surface area contributed by atoms with E-state index < -0.39 is 0 Å². The summed E-state index contributed by atoms with van der Waals surface area (Å²) in [6.45, 7) is 7.23. The molecule has 4 nitrogen and oxygen atoms in total. The van der Waals surface area contributed by atoms with E-state index in [0.29, 0.717) is 0 Å². The molecule has 0 atom stereocenters. The van der Waals surface area contributed by atoms with E-state index in [4.69, 9.17) is 11.6 Å². The molecule has 0 spiro atoms. The predicted octanol–water partition coefficient (Wildman–Crippen LogP) is 4.15. The van der Waals surface area contributed by atoms with Crippen LogP contribution in [-0.2, 0) is 17.9 Å². The molecule has 1 fully saturated rings. The number of rotatable bonds is 5. The number of amides is 1. The number of nitrogens with one attached hydrogen (secondary N) is 1. The van der Waals surface area contributed by atoms with E-state index >= 15 is 0 Å². The quantitative estimate of drug-likeness (QED) is 0.834. The highest BCUT2D eigenvalue weighted by Gasteiger charge is 2.16. The Hall–Kier alpha value is -1.95. The fourth-order valence-electron chi connectivity index (χ4n) is 3.39. The zero-order chi connectivity index (χ0) is 19.2. The van der Waals surface area contributed by atoms with Gasteiger partial charge in [-0.25, -0.2) is 4.39 Å². The highest BCUT2D eigenvalue weighted by atomic mass is 35.5. The molecular weight excluding hydrogens is 365 g/mol.